The van der Waals surface area contributed by atoms with Gasteiger partial charge in [0.25, 0.3) is 0 Å². The summed E-state index contributed by atoms with van der Waals surface area (Å²) in [6.45, 7) is 2.09. The van der Waals surface area contributed by atoms with E-state index < -0.39 is 6.17 Å². The minimum absolute atomic E-state index is 0.00252. The van der Waals surface area contributed by atoms with Gasteiger partial charge in [-0.15, -0.1) is 0 Å². The van der Waals surface area contributed by atoms with Crippen molar-refractivity contribution in [3.63, 3.8) is 0 Å². The number of amides is 1. The maximum absolute atomic E-state index is 13.0. The third-order valence-corrected chi connectivity index (χ3v) is 5.32. The van der Waals surface area contributed by atoms with Crippen LogP contribution in [0.2, 0.25) is 0 Å². The number of likely N-dealkylation sites (tertiary alicyclic amines) is 1. The molecule has 0 aromatic carbocycles. The maximum Gasteiger partial charge on any atom is 0.226 e. The fourth-order valence-electron chi connectivity index (χ4n) is 3.48. The Balaban J connectivity index is 1.45. The lowest BCUT2D eigenvalue weighted by Crippen LogP contribution is -2.54. The monoisotopic (exact) mass is 406 g/mol. The number of pyridine rings is 1. The van der Waals surface area contributed by atoms with Crippen LogP contribution in [0.1, 0.15) is 12.8 Å². The summed E-state index contributed by atoms with van der Waals surface area (Å²) in [5, 5.41) is 4.35. The number of nitrogens with zero attached hydrogens (tertiary/aromatic N) is 5. The van der Waals surface area contributed by atoms with Crippen molar-refractivity contribution < 1.29 is 9.18 Å². The summed E-state index contributed by atoms with van der Waals surface area (Å²) in [4.78, 5) is 20.5. The molecule has 0 aliphatic carbocycles. The van der Waals surface area contributed by atoms with Crippen molar-refractivity contribution in [3.8, 4) is 5.69 Å². The predicted octanol–water partition coefficient (Wildman–Crippen LogP) is 2.43. The molecule has 0 unspecified atom stereocenters. The quantitative estimate of drug-likeness (QED) is 0.785. The van der Waals surface area contributed by atoms with E-state index in [0.29, 0.717) is 0 Å². The van der Waals surface area contributed by atoms with Crippen molar-refractivity contribution in [3.05, 3.63) is 35.3 Å². The predicted molar refractivity (Wildman–Crippen MR) is 95.5 cm³/mol. The highest BCUT2D eigenvalue weighted by Gasteiger charge is 2.36. The number of hydrogen-bond acceptors (Lipinski definition) is 4. The number of aromatic nitrogens is 3. The zero-order valence-corrected chi connectivity index (χ0v) is 15.3. The zero-order valence-electron chi connectivity index (χ0n) is 13.7. The molecule has 4 heterocycles. The lowest BCUT2D eigenvalue weighted by atomic mass is 9.93. The van der Waals surface area contributed by atoms with Gasteiger partial charge in [0.1, 0.15) is 6.17 Å². The molecule has 0 N–H and O–H groups in total. The standard InChI is InChI=1S/C17H19BrFN5O/c18-13-7-21-24(9-13)15-1-4-20-8-16(15)22-5-2-12(3-6-22)17(25)23-10-14(19)11-23/h1,4,7-9,12,14H,2-3,5-6,10-11H2/i19-1. The molecule has 2 aliphatic rings. The molecule has 132 valence electrons. The second kappa shape index (κ2) is 6.74. The Bertz CT molecular complexity index is 768. The van der Waals surface area contributed by atoms with E-state index in [2.05, 4.69) is 30.9 Å². The molecule has 6 nitrogen and oxygen atoms in total. The van der Waals surface area contributed by atoms with E-state index in [9.17, 15) is 9.18 Å². The van der Waals surface area contributed by atoms with Gasteiger partial charge >= 0.3 is 0 Å². The van der Waals surface area contributed by atoms with Crippen LogP contribution >= 0.6 is 15.9 Å². The minimum atomic E-state index is -0.838. The maximum atomic E-state index is 13.0. The molecule has 2 aromatic rings. The summed E-state index contributed by atoms with van der Waals surface area (Å²) in [5.41, 5.74) is 1.98. The molecule has 2 aliphatic heterocycles. The average Bonchev–Trinajstić information content (AvgIpc) is 3.05. The number of halogens is 2. The highest BCUT2D eigenvalue weighted by molar-refractivity contribution is 9.10. The highest BCUT2D eigenvalue weighted by Crippen LogP contribution is 2.30. The summed E-state index contributed by atoms with van der Waals surface area (Å²) in [6.07, 6.45) is 7.98. The molecular weight excluding hydrogens is 388 g/mol. The van der Waals surface area contributed by atoms with Gasteiger partial charge in [-0.2, -0.15) is 5.10 Å². The van der Waals surface area contributed by atoms with Gasteiger partial charge in [-0.25, -0.2) is 9.07 Å². The Kier molecular flexibility index (Phi) is 4.45. The third-order valence-electron chi connectivity index (χ3n) is 4.91. The zero-order chi connectivity index (χ0) is 17.4. The molecule has 2 saturated heterocycles. The first-order chi connectivity index (χ1) is 12.1. The Labute approximate surface area is 153 Å². The topological polar surface area (TPSA) is 54.3 Å². The highest BCUT2D eigenvalue weighted by atomic mass is 79.9. The van der Waals surface area contributed by atoms with Gasteiger partial charge < -0.3 is 9.80 Å². The van der Waals surface area contributed by atoms with Crippen LogP contribution in [-0.2, 0) is 4.79 Å². The van der Waals surface area contributed by atoms with Gasteiger partial charge in [0.2, 0.25) is 5.91 Å². The van der Waals surface area contributed by atoms with Crippen LogP contribution in [0.25, 0.3) is 5.69 Å². The van der Waals surface area contributed by atoms with Gasteiger partial charge in [0.15, 0.2) is 0 Å². The molecule has 0 bridgehead atoms. The van der Waals surface area contributed by atoms with Crippen molar-refractivity contribution in [2.24, 2.45) is 5.92 Å². The second-order valence-corrected chi connectivity index (χ2v) is 7.49. The SMILES string of the molecule is O=C(C1CCN(c2cnccc2-n2cc(Br)cn2)CC1)N1CC([18F])C1. The molecule has 4 rings (SSSR count). The van der Waals surface area contributed by atoms with Crippen LogP contribution in [0.5, 0.6) is 0 Å². The largest absolute Gasteiger partial charge is 0.368 e. The van der Waals surface area contributed by atoms with Gasteiger partial charge in [-0.1, -0.05) is 0 Å². The van der Waals surface area contributed by atoms with E-state index in [1.807, 2.05) is 23.1 Å². The van der Waals surface area contributed by atoms with Crippen LogP contribution < -0.4 is 4.90 Å². The Hall–Kier alpha value is -1.96. The van der Waals surface area contributed by atoms with Crippen molar-refractivity contribution in [1.82, 2.24) is 19.7 Å². The van der Waals surface area contributed by atoms with E-state index in [1.165, 1.54) is 0 Å². The molecule has 0 spiro atoms. The van der Waals surface area contributed by atoms with Gasteiger partial charge in [-0.05, 0) is 34.8 Å². The van der Waals surface area contributed by atoms with Crippen molar-refractivity contribution in [2.45, 2.75) is 19.0 Å². The van der Waals surface area contributed by atoms with Crippen LogP contribution in [0.4, 0.5) is 10.1 Å². The first-order valence-electron chi connectivity index (χ1n) is 8.44. The molecule has 25 heavy (non-hydrogen) atoms. The number of carbonyl (C=O) groups is 1. The van der Waals surface area contributed by atoms with Gasteiger partial charge in [0, 0.05) is 31.4 Å². The summed E-state index contributed by atoms with van der Waals surface area (Å²) in [7, 11) is 0. The van der Waals surface area contributed by atoms with Gasteiger partial charge in [-0.3, -0.25) is 9.78 Å². The van der Waals surface area contributed by atoms with E-state index >= 15 is 0 Å². The lowest BCUT2D eigenvalue weighted by molar-refractivity contribution is -0.143. The molecule has 0 atom stereocenters. The fourth-order valence-corrected chi connectivity index (χ4v) is 3.76. The normalized spacial score (nSPS) is 19.1. The molecule has 0 saturated carbocycles. The first kappa shape index (κ1) is 16.5. The van der Waals surface area contributed by atoms with Crippen LogP contribution in [0.15, 0.2) is 35.3 Å². The number of carbonyl (C=O) groups excluding carboxylic acids is 1. The summed E-state index contributed by atoms with van der Waals surface area (Å²) < 4.78 is 15.7. The summed E-state index contributed by atoms with van der Waals surface area (Å²) in [6, 6.07) is 1.94. The van der Waals surface area contributed by atoms with Crippen LogP contribution in [0.3, 0.4) is 0 Å². The second-order valence-electron chi connectivity index (χ2n) is 6.57. The Morgan fingerprint density at radius 3 is 2.60 bits per heavy atom. The van der Waals surface area contributed by atoms with Crippen LogP contribution in [-0.4, -0.2) is 57.9 Å². The Morgan fingerprint density at radius 1 is 1.20 bits per heavy atom. The molecule has 0 radical (unpaired) electrons. The van der Waals surface area contributed by atoms with Crippen molar-refractivity contribution >= 4 is 27.5 Å². The third kappa shape index (κ3) is 3.27. The summed E-state index contributed by atoms with van der Waals surface area (Å²) >= 11 is 3.42. The number of piperidine rings is 1. The van der Waals surface area contributed by atoms with E-state index in [1.54, 1.807) is 17.3 Å². The molecule has 2 aromatic heterocycles. The van der Waals surface area contributed by atoms with E-state index in [-0.39, 0.29) is 24.9 Å². The number of anilines is 1. The molecule has 2 fully saturated rings. The number of hydrogen-bond donors (Lipinski definition) is 0. The Morgan fingerprint density at radius 2 is 1.96 bits per heavy atom. The molecule has 1 amide bonds. The van der Waals surface area contributed by atoms with E-state index in [4.69, 9.17) is 0 Å². The van der Waals surface area contributed by atoms with Crippen LogP contribution in [0, 0.1) is 5.92 Å². The van der Waals surface area contributed by atoms with Crippen molar-refractivity contribution in [1.29, 1.82) is 0 Å². The van der Waals surface area contributed by atoms with E-state index in [0.717, 1.165) is 41.8 Å². The smallest absolute Gasteiger partial charge is 0.226 e. The lowest BCUT2D eigenvalue weighted by Gasteiger charge is -2.40. The van der Waals surface area contributed by atoms with Gasteiger partial charge in [0.05, 0.1) is 41.3 Å². The van der Waals surface area contributed by atoms with Crippen molar-refractivity contribution in [2.75, 3.05) is 31.1 Å². The minimum Gasteiger partial charge on any atom is -0.368 e. The molecular formula is C17H19BrFN5O. The summed E-state index contributed by atoms with van der Waals surface area (Å²) in [5.74, 6) is 0.110. The average molecular weight is 407 g/mol. The number of alkyl halides is 1. The fraction of sp³-hybridized carbons (Fsp3) is 0.471. The first-order valence-corrected chi connectivity index (χ1v) is 9.23. The molecule has 8 heteroatoms. The number of rotatable bonds is 3.